The first-order chi connectivity index (χ1) is 9.36. The summed E-state index contributed by atoms with van der Waals surface area (Å²) in [5, 5.41) is 11.5. The van der Waals surface area contributed by atoms with Crippen molar-refractivity contribution in [2.75, 3.05) is 13.1 Å². The lowest BCUT2D eigenvalue weighted by Crippen LogP contribution is -2.61. The van der Waals surface area contributed by atoms with Crippen molar-refractivity contribution in [3.63, 3.8) is 0 Å². The SMILES string of the molecule is CC1(C(=O)N2CCNC(=O)C2CC(=O)O)CCCC1N. The monoisotopic (exact) mass is 283 g/mol. The van der Waals surface area contributed by atoms with E-state index in [-0.39, 0.29) is 18.4 Å². The number of carboxylic acid groups (broad SMARTS) is 1. The summed E-state index contributed by atoms with van der Waals surface area (Å²) in [5.41, 5.74) is 5.35. The minimum Gasteiger partial charge on any atom is -0.481 e. The highest BCUT2D eigenvalue weighted by atomic mass is 16.4. The fourth-order valence-electron chi connectivity index (χ4n) is 3.11. The van der Waals surface area contributed by atoms with Crippen molar-refractivity contribution in [3.05, 3.63) is 0 Å². The smallest absolute Gasteiger partial charge is 0.305 e. The summed E-state index contributed by atoms with van der Waals surface area (Å²) in [6, 6.07) is -1.16. The second-order valence-electron chi connectivity index (χ2n) is 5.82. The van der Waals surface area contributed by atoms with E-state index in [1.54, 1.807) is 0 Å². The molecule has 4 N–H and O–H groups in total. The number of nitrogens with zero attached hydrogens (tertiary/aromatic N) is 1. The van der Waals surface area contributed by atoms with E-state index in [0.29, 0.717) is 19.5 Å². The molecule has 1 saturated heterocycles. The molecule has 7 nitrogen and oxygen atoms in total. The Balaban J connectivity index is 2.21. The molecule has 0 bridgehead atoms. The molecular weight excluding hydrogens is 262 g/mol. The maximum Gasteiger partial charge on any atom is 0.305 e. The van der Waals surface area contributed by atoms with Crippen molar-refractivity contribution in [1.82, 2.24) is 10.2 Å². The third-order valence-electron chi connectivity index (χ3n) is 4.48. The molecule has 112 valence electrons. The Morgan fingerprint density at radius 3 is 2.80 bits per heavy atom. The summed E-state index contributed by atoms with van der Waals surface area (Å²) in [7, 11) is 0. The maximum absolute atomic E-state index is 12.7. The topological polar surface area (TPSA) is 113 Å². The van der Waals surface area contributed by atoms with E-state index in [2.05, 4.69) is 5.32 Å². The van der Waals surface area contributed by atoms with Gasteiger partial charge < -0.3 is 21.1 Å². The molecule has 20 heavy (non-hydrogen) atoms. The number of piperazine rings is 1. The Labute approximate surface area is 117 Å². The zero-order valence-electron chi connectivity index (χ0n) is 11.6. The van der Waals surface area contributed by atoms with Gasteiger partial charge in [-0.05, 0) is 19.8 Å². The number of aliphatic carboxylic acids is 1. The third kappa shape index (κ3) is 2.49. The van der Waals surface area contributed by atoms with Crippen LogP contribution >= 0.6 is 0 Å². The van der Waals surface area contributed by atoms with Crippen molar-refractivity contribution >= 4 is 17.8 Å². The van der Waals surface area contributed by atoms with Crippen LogP contribution in [0.5, 0.6) is 0 Å². The van der Waals surface area contributed by atoms with Gasteiger partial charge in [-0.15, -0.1) is 0 Å². The fourth-order valence-corrected chi connectivity index (χ4v) is 3.11. The molecule has 0 spiro atoms. The quantitative estimate of drug-likeness (QED) is 0.634. The summed E-state index contributed by atoms with van der Waals surface area (Å²) in [6.45, 7) is 2.51. The van der Waals surface area contributed by atoms with Gasteiger partial charge in [-0.3, -0.25) is 14.4 Å². The number of carboxylic acids is 1. The van der Waals surface area contributed by atoms with Crippen molar-refractivity contribution in [2.45, 2.75) is 44.7 Å². The molecule has 1 saturated carbocycles. The Morgan fingerprint density at radius 2 is 2.25 bits per heavy atom. The second kappa shape index (κ2) is 5.40. The molecule has 2 rings (SSSR count). The lowest BCUT2D eigenvalue weighted by molar-refractivity contribution is -0.154. The molecule has 2 amide bonds. The van der Waals surface area contributed by atoms with E-state index in [9.17, 15) is 14.4 Å². The average Bonchev–Trinajstić information content (AvgIpc) is 2.72. The van der Waals surface area contributed by atoms with Gasteiger partial charge in [-0.2, -0.15) is 0 Å². The third-order valence-corrected chi connectivity index (χ3v) is 4.48. The largest absolute Gasteiger partial charge is 0.481 e. The van der Waals surface area contributed by atoms with Gasteiger partial charge in [0, 0.05) is 19.1 Å². The molecule has 3 unspecified atom stereocenters. The van der Waals surface area contributed by atoms with Gasteiger partial charge in [0.2, 0.25) is 11.8 Å². The number of nitrogens with two attached hydrogens (primary N) is 1. The molecular formula is C13H21N3O4. The van der Waals surface area contributed by atoms with Crippen LogP contribution in [0.4, 0.5) is 0 Å². The molecule has 0 aromatic carbocycles. The van der Waals surface area contributed by atoms with Crippen LogP contribution in [0, 0.1) is 5.41 Å². The summed E-state index contributed by atoms with van der Waals surface area (Å²) >= 11 is 0. The highest BCUT2D eigenvalue weighted by Gasteiger charge is 2.48. The van der Waals surface area contributed by atoms with Crippen LogP contribution in [0.1, 0.15) is 32.6 Å². The van der Waals surface area contributed by atoms with Crippen LogP contribution in [0.2, 0.25) is 0 Å². The van der Waals surface area contributed by atoms with Gasteiger partial charge in [-0.25, -0.2) is 0 Å². The van der Waals surface area contributed by atoms with Crippen LogP contribution in [0.25, 0.3) is 0 Å². The minimum atomic E-state index is -1.09. The van der Waals surface area contributed by atoms with Crippen LogP contribution in [-0.2, 0) is 14.4 Å². The Kier molecular flexibility index (Phi) is 3.99. The number of carbonyl (C=O) groups is 3. The van der Waals surface area contributed by atoms with E-state index in [1.165, 1.54) is 4.90 Å². The number of hydrogen-bond donors (Lipinski definition) is 3. The number of amides is 2. The number of hydrogen-bond acceptors (Lipinski definition) is 4. The molecule has 0 radical (unpaired) electrons. The van der Waals surface area contributed by atoms with Crippen LogP contribution in [0.3, 0.4) is 0 Å². The Morgan fingerprint density at radius 1 is 1.55 bits per heavy atom. The van der Waals surface area contributed by atoms with Crippen LogP contribution < -0.4 is 11.1 Å². The molecule has 1 aliphatic carbocycles. The summed E-state index contributed by atoms with van der Waals surface area (Å²) in [4.78, 5) is 36.9. The zero-order valence-corrected chi connectivity index (χ0v) is 11.6. The molecule has 2 aliphatic rings. The zero-order chi connectivity index (χ0) is 14.9. The molecule has 2 fully saturated rings. The van der Waals surface area contributed by atoms with Crippen LogP contribution in [-0.4, -0.2) is 53.0 Å². The fraction of sp³-hybridized carbons (Fsp3) is 0.769. The lowest BCUT2D eigenvalue weighted by atomic mass is 9.82. The normalized spacial score (nSPS) is 33.9. The molecule has 3 atom stereocenters. The van der Waals surface area contributed by atoms with Crippen molar-refractivity contribution < 1.29 is 19.5 Å². The number of carbonyl (C=O) groups excluding carboxylic acids is 2. The van der Waals surface area contributed by atoms with Crippen molar-refractivity contribution in [3.8, 4) is 0 Å². The molecule has 1 aliphatic heterocycles. The predicted octanol–water partition coefficient (Wildman–Crippen LogP) is -0.694. The van der Waals surface area contributed by atoms with E-state index < -0.39 is 23.3 Å². The van der Waals surface area contributed by atoms with E-state index in [0.717, 1.165) is 12.8 Å². The predicted molar refractivity (Wildman–Crippen MR) is 70.7 cm³/mol. The van der Waals surface area contributed by atoms with Crippen LogP contribution in [0.15, 0.2) is 0 Å². The van der Waals surface area contributed by atoms with Gasteiger partial charge in [-0.1, -0.05) is 6.42 Å². The maximum atomic E-state index is 12.7. The molecule has 1 heterocycles. The number of nitrogens with one attached hydrogen (secondary N) is 1. The Hall–Kier alpha value is -1.63. The minimum absolute atomic E-state index is 0.191. The van der Waals surface area contributed by atoms with Gasteiger partial charge in [0.05, 0.1) is 11.8 Å². The second-order valence-corrected chi connectivity index (χ2v) is 5.82. The summed E-state index contributed by atoms with van der Waals surface area (Å²) in [5.74, 6) is -1.68. The van der Waals surface area contributed by atoms with Crippen molar-refractivity contribution in [1.29, 1.82) is 0 Å². The van der Waals surface area contributed by atoms with E-state index in [1.807, 2.05) is 6.92 Å². The molecule has 0 aromatic rings. The molecule has 7 heteroatoms. The highest BCUT2D eigenvalue weighted by Crippen LogP contribution is 2.39. The first-order valence-corrected chi connectivity index (χ1v) is 6.92. The van der Waals surface area contributed by atoms with E-state index >= 15 is 0 Å². The van der Waals surface area contributed by atoms with Gasteiger partial charge >= 0.3 is 5.97 Å². The highest BCUT2D eigenvalue weighted by molar-refractivity contribution is 5.93. The molecule has 0 aromatic heterocycles. The first kappa shape index (κ1) is 14.8. The van der Waals surface area contributed by atoms with Gasteiger partial charge in [0.1, 0.15) is 6.04 Å². The average molecular weight is 283 g/mol. The van der Waals surface area contributed by atoms with Crippen molar-refractivity contribution in [2.24, 2.45) is 11.1 Å². The van der Waals surface area contributed by atoms with Gasteiger partial charge in [0.15, 0.2) is 0 Å². The first-order valence-electron chi connectivity index (χ1n) is 6.92. The number of rotatable bonds is 3. The Bertz CT molecular complexity index is 439. The van der Waals surface area contributed by atoms with E-state index in [4.69, 9.17) is 10.8 Å². The summed E-state index contributed by atoms with van der Waals surface area (Å²) in [6.07, 6.45) is 1.98. The van der Waals surface area contributed by atoms with Gasteiger partial charge in [0.25, 0.3) is 0 Å². The lowest BCUT2D eigenvalue weighted by Gasteiger charge is -2.40. The summed E-state index contributed by atoms with van der Waals surface area (Å²) < 4.78 is 0. The standard InChI is InChI=1S/C13H21N3O4/c1-13(4-2-3-9(13)14)12(20)16-6-5-15-11(19)8(16)7-10(17)18/h8-9H,2-7,14H2,1H3,(H,15,19)(H,17,18).